The zero-order chi connectivity index (χ0) is 18.2. The maximum atomic E-state index is 11.1. The zero-order valence-electron chi connectivity index (χ0n) is 14.9. The summed E-state index contributed by atoms with van der Waals surface area (Å²) in [6.07, 6.45) is 0. The third-order valence-electron chi connectivity index (χ3n) is 3.34. The fourth-order valence-corrected chi connectivity index (χ4v) is 2.23. The number of anilines is 2. The Morgan fingerprint density at radius 1 is 1.04 bits per heavy atom. The van der Waals surface area contributed by atoms with Crippen molar-refractivity contribution in [3.63, 3.8) is 0 Å². The molecule has 4 N–H and O–H groups in total. The van der Waals surface area contributed by atoms with Gasteiger partial charge in [0.1, 0.15) is 0 Å². The Bertz CT molecular complexity index is 781. The van der Waals surface area contributed by atoms with Gasteiger partial charge < -0.3 is 25.8 Å². The van der Waals surface area contributed by atoms with E-state index in [1.165, 1.54) is 6.92 Å². The maximum Gasteiger partial charge on any atom is 0.221 e. The molecule has 0 aliphatic heterocycles. The standard InChI is InChI=1S/C18H22N4O3.HI/c1-12(23)21-14-6-4-5-13(9-14)11-20-18(19)22-15-7-8-16(24-2)17(10-15)25-3;/h4-10H,11H2,1-3H3,(H,21,23)(H3,19,20,22);1H. The largest absolute Gasteiger partial charge is 0.493 e. The Balaban J connectivity index is 0.00000338. The smallest absolute Gasteiger partial charge is 0.221 e. The molecule has 8 heteroatoms. The van der Waals surface area contributed by atoms with Gasteiger partial charge in [0.2, 0.25) is 5.91 Å². The van der Waals surface area contributed by atoms with Gasteiger partial charge in [-0.05, 0) is 29.8 Å². The summed E-state index contributed by atoms with van der Waals surface area (Å²) >= 11 is 0. The number of amides is 1. The van der Waals surface area contributed by atoms with Crippen molar-refractivity contribution in [2.24, 2.45) is 10.7 Å². The second-order valence-electron chi connectivity index (χ2n) is 5.28. The molecule has 0 aliphatic rings. The topological polar surface area (TPSA) is 98.0 Å². The minimum Gasteiger partial charge on any atom is -0.493 e. The first-order valence-corrected chi connectivity index (χ1v) is 7.67. The van der Waals surface area contributed by atoms with Crippen LogP contribution in [0.1, 0.15) is 12.5 Å². The average Bonchev–Trinajstić information content (AvgIpc) is 2.59. The minimum absolute atomic E-state index is 0. The van der Waals surface area contributed by atoms with E-state index in [0.29, 0.717) is 18.0 Å². The van der Waals surface area contributed by atoms with E-state index in [9.17, 15) is 4.79 Å². The van der Waals surface area contributed by atoms with Crippen LogP contribution in [0.25, 0.3) is 0 Å². The van der Waals surface area contributed by atoms with Crippen LogP contribution in [0.3, 0.4) is 0 Å². The van der Waals surface area contributed by atoms with E-state index in [2.05, 4.69) is 15.6 Å². The Hall–Kier alpha value is -2.49. The Kier molecular flexibility index (Phi) is 8.70. The van der Waals surface area contributed by atoms with Crippen LogP contribution in [-0.2, 0) is 11.3 Å². The van der Waals surface area contributed by atoms with E-state index in [4.69, 9.17) is 15.2 Å². The van der Waals surface area contributed by atoms with E-state index in [0.717, 1.165) is 16.9 Å². The molecule has 26 heavy (non-hydrogen) atoms. The van der Waals surface area contributed by atoms with Crippen molar-refractivity contribution in [1.29, 1.82) is 0 Å². The number of carbonyl (C=O) groups excluding carboxylic acids is 1. The van der Waals surface area contributed by atoms with Gasteiger partial charge in [-0.1, -0.05) is 12.1 Å². The molecular formula is C18H23IN4O3. The first-order chi connectivity index (χ1) is 12.0. The van der Waals surface area contributed by atoms with Crippen LogP contribution in [0.5, 0.6) is 11.5 Å². The number of rotatable bonds is 6. The number of hydrogen-bond acceptors (Lipinski definition) is 4. The number of nitrogens with one attached hydrogen (secondary N) is 2. The van der Waals surface area contributed by atoms with Crippen LogP contribution in [0.4, 0.5) is 11.4 Å². The zero-order valence-corrected chi connectivity index (χ0v) is 17.2. The van der Waals surface area contributed by atoms with Crippen molar-refractivity contribution in [2.75, 3.05) is 24.9 Å². The maximum absolute atomic E-state index is 11.1. The van der Waals surface area contributed by atoms with E-state index in [-0.39, 0.29) is 35.8 Å². The number of benzene rings is 2. The molecular weight excluding hydrogens is 447 g/mol. The van der Waals surface area contributed by atoms with E-state index in [1.807, 2.05) is 30.3 Å². The number of nitrogens with two attached hydrogens (primary N) is 1. The predicted octanol–water partition coefficient (Wildman–Crippen LogP) is 3.21. The molecule has 140 valence electrons. The SMILES string of the molecule is COc1ccc(NC(N)=NCc2cccc(NC(C)=O)c2)cc1OC.I. The number of methoxy groups -OCH3 is 2. The van der Waals surface area contributed by atoms with Gasteiger partial charge in [-0.15, -0.1) is 24.0 Å². The monoisotopic (exact) mass is 470 g/mol. The molecule has 2 aromatic rings. The third-order valence-corrected chi connectivity index (χ3v) is 3.34. The van der Waals surface area contributed by atoms with Gasteiger partial charge >= 0.3 is 0 Å². The molecule has 2 aromatic carbocycles. The number of guanidine groups is 1. The van der Waals surface area contributed by atoms with Gasteiger partial charge in [0.25, 0.3) is 0 Å². The van der Waals surface area contributed by atoms with E-state index < -0.39 is 0 Å². The number of halogens is 1. The molecule has 0 heterocycles. The molecule has 0 aromatic heterocycles. The van der Waals surface area contributed by atoms with Crippen LogP contribution in [0, 0.1) is 0 Å². The minimum atomic E-state index is -0.115. The summed E-state index contributed by atoms with van der Waals surface area (Å²) in [5.74, 6) is 1.40. The highest BCUT2D eigenvalue weighted by atomic mass is 127. The predicted molar refractivity (Wildman–Crippen MR) is 115 cm³/mol. The molecule has 0 spiro atoms. The van der Waals surface area contributed by atoms with Crippen molar-refractivity contribution in [3.05, 3.63) is 48.0 Å². The lowest BCUT2D eigenvalue weighted by atomic mass is 10.2. The number of hydrogen-bond donors (Lipinski definition) is 3. The van der Waals surface area contributed by atoms with Crippen molar-refractivity contribution in [2.45, 2.75) is 13.5 Å². The summed E-state index contributed by atoms with van der Waals surface area (Å²) < 4.78 is 10.4. The van der Waals surface area contributed by atoms with Crippen LogP contribution in [0.2, 0.25) is 0 Å². The Labute approximate surface area is 170 Å². The molecule has 0 fully saturated rings. The van der Waals surface area contributed by atoms with Crippen molar-refractivity contribution < 1.29 is 14.3 Å². The first-order valence-electron chi connectivity index (χ1n) is 7.67. The fraction of sp³-hybridized carbons (Fsp3) is 0.222. The molecule has 0 saturated carbocycles. The normalized spacial score (nSPS) is 10.5. The number of ether oxygens (including phenoxy) is 2. The molecule has 0 aliphatic carbocycles. The quantitative estimate of drug-likeness (QED) is 0.342. The summed E-state index contributed by atoms with van der Waals surface area (Å²) in [6.45, 7) is 1.86. The lowest BCUT2D eigenvalue weighted by Crippen LogP contribution is -2.22. The Morgan fingerprint density at radius 3 is 2.38 bits per heavy atom. The van der Waals surface area contributed by atoms with Gasteiger partial charge in [-0.3, -0.25) is 4.79 Å². The molecule has 0 unspecified atom stereocenters. The van der Waals surface area contributed by atoms with Gasteiger partial charge in [0.05, 0.1) is 20.8 Å². The van der Waals surface area contributed by atoms with Crippen LogP contribution in [-0.4, -0.2) is 26.1 Å². The summed E-state index contributed by atoms with van der Waals surface area (Å²) in [4.78, 5) is 15.4. The van der Waals surface area contributed by atoms with E-state index in [1.54, 1.807) is 26.4 Å². The number of nitrogens with zero attached hydrogens (tertiary/aromatic N) is 1. The molecule has 7 nitrogen and oxygen atoms in total. The van der Waals surface area contributed by atoms with Crippen LogP contribution >= 0.6 is 24.0 Å². The summed E-state index contributed by atoms with van der Waals surface area (Å²) in [5.41, 5.74) is 8.34. The molecule has 0 atom stereocenters. The molecule has 0 saturated heterocycles. The van der Waals surface area contributed by atoms with E-state index >= 15 is 0 Å². The lowest BCUT2D eigenvalue weighted by molar-refractivity contribution is -0.114. The van der Waals surface area contributed by atoms with Gasteiger partial charge in [0.15, 0.2) is 17.5 Å². The highest BCUT2D eigenvalue weighted by Crippen LogP contribution is 2.29. The van der Waals surface area contributed by atoms with Crippen LogP contribution < -0.4 is 25.8 Å². The van der Waals surface area contributed by atoms with Crippen molar-refractivity contribution in [1.82, 2.24) is 0 Å². The molecule has 1 amide bonds. The Morgan fingerprint density at radius 2 is 1.73 bits per heavy atom. The average molecular weight is 470 g/mol. The number of carbonyl (C=O) groups is 1. The summed E-state index contributed by atoms with van der Waals surface area (Å²) in [6, 6.07) is 12.8. The van der Waals surface area contributed by atoms with Gasteiger partial charge in [-0.25, -0.2) is 4.99 Å². The van der Waals surface area contributed by atoms with Gasteiger partial charge in [0, 0.05) is 24.4 Å². The van der Waals surface area contributed by atoms with Crippen molar-refractivity contribution in [3.8, 4) is 11.5 Å². The highest BCUT2D eigenvalue weighted by molar-refractivity contribution is 14.0. The third kappa shape index (κ3) is 6.43. The molecule has 0 bridgehead atoms. The summed E-state index contributed by atoms with van der Waals surface area (Å²) in [7, 11) is 3.15. The number of aliphatic imine (C=N–C) groups is 1. The lowest BCUT2D eigenvalue weighted by Gasteiger charge is -2.11. The highest BCUT2D eigenvalue weighted by Gasteiger charge is 2.05. The molecule has 0 radical (unpaired) electrons. The summed E-state index contributed by atoms with van der Waals surface area (Å²) in [5, 5.41) is 5.74. The van der Waals surface area contributed by atoms with Crippen molar-refractivity contribution >= 4 is 47.2 Å². The second-order valence-corrected chi connectivity index (χ2v) is 5.28. The van der Waals surface area contributed by atoms with Gasteiger partial charge in [-0.2, -0.15) is 0 Å². The fourth-order valence-electron chi connectivity index (χ4n) is 2.23. The first kappa shape index (κ1) is 21.6. The molecule has 2 rings (SSSR count). The second kappa shape index (κ2) is 10.5. The van der Waals surface area contributed by atoms with Crippen LogP contribution in [0.15, 0.2) is 47.5 Å².